The molecule has 0 bridgehead atoms. The number of hydrogen-bond acceptors (Lipinski definition) is 4. The van der Waals surface area contributed by atoms with Crippen LogP contribution in [-0.2, 0) is 0 Å². The molecule has 1 aromatic rings. The van der Waals surface area contributed by atoms with Crippen molar-refractivity contribution in [3.63, 3.8) is 0 Å². The summed E-state index contributed by atoms with van der Waals surface area (Å²) >= 11 is 0. The second kappa shape index (κ2) is 5.14. The summed E-state index contributed by atoms with van der Waals surface area (Å²) in [6.07, 6.45) is 3.70. The average Bonchev–Trinajstić information content (AvgIpc) is 2.29. The first kappa shape index (κ1) is 11.9. The van der Waals surface area contributed by atoms with Crippen molar-refractivity contribution in [1.82, 2.24) is 9.88 Å². The molecule has 17 heavy (non-hydrogen) atoms. The van der Waals surface area contributed by atoms with Crippen LogP contribution in [-0.4, -0.2) is 47.1 Å². The molecule has 2 N–H and O–H groups in total. The van der Waals surface area contributed by atoms with Gasteiger partial charge in [-0.1, -0.05) is 0 Å². The van der Waals surface area contributed by atoms with E-state index in [4.69, 9.17) is 5.11 Å². The maximum Gasteiger partial charge on any atom is 0.337 e. The van der Waals surface area contributed by atoms with Crippen LogP contribution in [0, 0.1) is 0 Å². The molecule has 1 aliphatic heterocycles. The Hall–Kier alpha value is -1.62. The zero-order chi connectivity index (χ0) is 12.3. The number of carboxylic acids is 1. The molecule has 2 rings (SSSR count). The van der Waals surface area contributed by atoms with Gasteiger partial charge in [-0.2, -0.15) is 0 Å². The third kappa shape index (κ3) is 3.17. The van der Waals surface area contributed by atoms with Gasteiger partial charge in [-0.05, 0) is 38.6 Å². The van der Waals surface area contributed by atoms with Gasteiger partial charge in [0, 0.05) is 18.8 Å². The monoisotopic (exact) mass is 235 g/mol. The number of likely N-dealkylation sites (N-methyl/N-ethyl adjacent to an activating group) is 1. The molecule has 1 unspecified atom stereocenters. The Kier molecular flexibility index (Phi) is 3.58. The molecule has 5 heteroatoms. The lowest BCUT2D eigenvalue weighted by Crippen LogP contribution is -2.39. The molecule has 1 aliphatic rings. The largest absolute Gasteiger partial charge is 0.478 e. The lowest BCUT2D eigenvalue weighted by atomic mass is 10.1. The predicted octanol–water partition coefficient (Wildman–Crippen LogP) is 1.29. The number of rotatable bonds is 3. The van der Waals surface area contributed by atoms with Gasteiger partial charge in [0.1, 0.15) is 5.82 Å². The van der Waals surface area contributed by atoms with Crippen LogP contribution in [0.4, 0.5) is 5.82 Å². The van der Waals surface area contributed by atoms with Gasteiger partial charge < -0.3 is 15.3 Å². The number of carboxylic acid groups (broad SMARTS) is 1. The second-order valence-corrected chi connectivity index (χ2v) is 4.48. The fourth-order valence-electron chi connectivity index (χ4n) is 2.10. The molecule has 1 aromatic heterocycles. The van der Waals surface area contributed by atoms with E-state index >= 15 is 0 Å². The molecule has 0 aromatic carbocycles. The number of nitrogens with zero attached hydrogens (tertiary/aromatic N) is 2. The minimum atomic E-state index is -0.943. The minimum absolute atomic E-state index is 0.219. The molecule has 0 aliphatic carbocycles. The summed E-state index contributed by atoms with van der Waals surface area (Å²) in [5, 5.41) is 12.1. The normalized spacial score (nSPS) is 21.1. The first-order valence-corrected chi connectivity index (χ1v) is 5.79. The number of nitrogens with one attached hydrogen (secondary N) is 1. The van der Waals surface area contributed by atoms with E-state index in [1.54, 1.807) is 12.1 Å². The highest BCUT2D eigenvalue weighted by Gasteiger charge is 2.17. The number of pyridine rings is 1. The Balaban J connectivity index is 1.96. The van der Waals surface area contributed by atoms with Crippen molar-refractivity contribution in [3.05, 3.63) is 23.9 Å². The lowest BCUT2D eigenvalue weighted by molar-refractivity contribution is 0.0696. The van der Waals surface area contributed by atoms with Crippen LogP contribution in [0.1, 0.15) is 23.2 Å². The van der Waals surface area contributed by atoms with E-state index < -0.39 is 5.97 Å². The SMILES string of the molecule is CN1CCCC(Nc2ccc(C(=O)O)cn2)C1. The molecular weight excluding hydrogens is 218 g/mol. The third-order valence-corrected chi connectivity index (χ3v) is 2.99. The maximum atomic E-state index is 10.7. The van der Waals surface area contributed by atoms with E-state index in [1.807, 2.05) is 0 Å². The molecule has 92 valence electrons. The molecule has 2 heterocycles. The van der Waals surface area contributed by atoms with Gasteiger partial charge in [0.2, 0.25) is 0 Å². The van der Waals surface area contributed by atoms with Crippen LogP contribution in [0.5, 0.6) is 0 Å². The van der Waals surface area contributed by atoms with E-state index in [9.17, 15) is 4.79 Å². The summed E-state index contributed by atoms with van der Waals surface area (Å²) in [6, 6.07) is 3.69. The van der Waals surface area contributed by atoms with Gasteiger partial charge >= 0.3 is 5.97 Å². The van der Waals surface area contributed by atoms with E-state index in [1.165, 1.54) is 12.6 Å². The van der Waals surface area contributed by atoms with Crippen molar-refractivity contribution in [2.45, 2.75) is 18.9 Å². The van der Waals surface area contributed by atoms with Crippen LogP contribution in [0.15, 0.2) is 18.3 Å². The molecule has 1 fully saturated rings. The Morgan fingerprint density at radius 3 is 3.00 bits per heavy atom. The lowest BCUT2D eigenvalue weighted by Gasteiger charge is -2.30. The number of piperidine rings is 1. The minimum Gasteiger partial charge on any atom is -0.478 e. The fourth-order valence-corrected chi connectivity index (χ4v) is 2.10. The fraction of sp³-hybridized carbons (Fsp3) is 0.500. The first-order valence-electron chi connectivity index (χ1n) is 5.79. The van der Waals surface area contributed by atoms with E-state index in [0.29, 0.717) is 6.04 Å². The zero-order valence-corrected chi connectivity index (χ0v) is 9.89. The summed E-state index contributed by atoms with van der Waals surface area (Å²) in [6.45, 7) is 2.14. The molecule has 0 saturated carbocycles. The highest BCUT2D eigenvalue weighted by atomic mass is 16.4. The van der Waals surface area contributed by atoms with Crippen LogP contribution in [0.2, 0.25) is 0 Å². The number of carbonyl (C=O) groups is 1. The van der Waals surface area contributed by atoms with Crippen LogP contribution < -0.4 is 5.32 Å². The Labute approximate surface area is 100 Å². The quantitative estimate of drug-likeness (QED) is 0.826. The van der Waals surface area contributed by atoms with Crippen molar-refractivity contribution in [1.29, 1.82) is 0 Å². The molecule has 0 amide bonds. The van der Waals surface area contributed by atoms with Crippen LogP contribution in [0.3, 0.4) is 0 Å². The number of aromatic nitrogens is 1. The Bertz CT molecular complexity index is 391. The summed E-state index contributed by atoms with van der Waals surface area (Å²) < 4.78 is 0. The molecule has 5 nitrogen and oxygen atoms in total. The van der Waals surface area contributed by atoms with Gasteiger partial charge in [0.05, 0.1) is 5.56 Å². The average molecular weight is 235 g/mol. The van der Waals surface area contributed by atoms with Gasteiger partial charge in [-0.15, -0.1) is 0 Å². The molecule has 0 radical (unpaired) electrons. The number of aromatic carboxylic acids is 1. The van der Waals surface area contributed by atoms with Crippen molar-refractivity contribution in [2.75, 3.05) is 25.5 Å². The summed E-state index contributed by atoms with van der Waals surface area (Å²) in [5.74, 6) is -0.197. The van der Waals surface area contributed by atoms with E-state index in [2.05, 4.69) is 22.2 Å². The second-order valence-electron chi connectivity index (χ2n) is 4.48. The van der Waals surface area contributed by atoms with Crippen molar-refractivity contribution < 1.29 is 9.90 Å². The highest BCUT2D eigenvalue weighted by molar-refractivity contribution is 5.87. The predicted molar refractivity (Wildman–Crippen MR) is 65.3 cm³/mol. The highest BCUT2D eigenvalue weighted by Crippen LogP contribution is 2.13. The number of hydrogen-bond donors (Lipinski definition) is 2. The van der Waals surface area contributed by atoms with Crippen molar-refractivity contribution in [2.24, 2.45) is 0 Å². The summed E-state index contributed by atoms with van der Waals surface area (Å²) in [5.41, 5.74) is 0.219. The molecule has 1 atom stereocenters. The molecular formula is C12H17N3O2. The van der Waals surface area contributed by atoms with Gasteiger partial charge in [0.25, 0.3) is 0 Å². The third-order valence-electron chi connectivity index (χ3n) is 2.99. The molecule has 0 spiro atoms. The zero-order valence-electron chi connectivity index (χ0n) is 9.89. The summed E-state index contributed by atoms with van der Waals surface area (Å²) in [7, 11) is 2.11. The standard InChI is InChI=1S/C12H17N3O2/c1-15-6-2-3-10(8-15)14-11-5-4-9(7-13-11)12(16)17/h4-5,7,10H,2-3,6,8H2,1H3,(H,13,14)(H,16,17). The van der Waals surface area contributed by atoms with Crippen molar-refractivity contribution >= 4 is 11.8 Å². The van der Waals surface area contributed by atoms with Crippen LogP contribution >= 0.6 is 0 Å². The van der Waals surface area contributed by atoms with E-state index in [-0.39, 0.29) is 5.56 Å². The maximum absolute atomic E-state index is 10.7. The van der Waals surface area contributed by atoms with Crippen LogP contribution in [0.25, 0.3) is 0 Å². The Morgan fingerprint density at radius 2 is 2.41 bits per heavy atom. The first-order chi connectivity index (χ1) is 8.15. The van der Waals surface area contributed by atoms with E-state index in [0.717, 1.165) is 25.3 Å². The van der Waals surface area contributed by atoms with Gasteiger partial charge in [-0.3, -0.25) is 0 Å². The number of anilines is 1. The number of likely N-dealkylation sites (tertiary alicyclic amines) is 1. The van der Waals surface area contributed by atoms with Gasteiger partial charge in [0.15, 0.2) is 0 Å². The van der Waals surface area contributed by atoms with Gasteiger partial charge in [-0.25, -0.2) is 9.78 Å². The topological polar surface area (TPSA) is 65.5 Å². The Morgan fingerprint density at radius 1 is 1.59 bits per heavy atom. The molecule has 1 saturated heterocycles. The van der Waals surface area contributed by atoms with Crippen molar-refractivity contribution in [3.8, 4) is 0 Å². The summed E-state index contributed by atoms with van der Waals surface area (Å²) in [4.78, 5) is 17.1. The smallest absolute Gasteiger partial charge is 0.337 e.